The summed E-state index contributed by atoms with van der Waals surface area (Å²) in [7, 11) is 1.56. The molecule has 1 N–H and O–H groups in total. The predicted octanol–water partition coefficient (Wildman–Crippen LogP) is 4.18. The van der Waals surface area contributed by atoms with Gasteiger partial charge >= 0.3 is 5.97 Å². The zero-order chi connectivity index (χ0) is 21.2. The van der Waals surface area contributed by atoms with E-state index in [2.05, 4.69) is 5.32 Å². The number of amides is 1. The second-order valence-corrected chi connectivity index (χ2v) is 6.56. The van der Waals surface area contributed by atoms with E-state index in [1.807, 2.05) is 19.9 Å². The SMILES string of the molecule is CCOc1cc(/C=C/C(=O)OCC(=O)N[C@@H](C)c2cccc(Cl)c2)ccc1OC. The van der Waals surface area contributed by atoms with Crippen molar-refractivity contribution in [1.82, 2.24) is 5.32 Å². The Morgan fingerprint density at radius 2 is 1.97 bits per heavy atom. The van der Waals surface area contributed by atoms with Gasteiger partial charge in [0.15, 0.2) is 18.1 Å². The molecule has 2 aromatic rings. The molecule has 154 valence electrons. The molecule has 0 saturated carbocycles. The van der Waals surface area contributed by atoms with E-state index in [1.54, 1.807) is 49.6 Å². The fourth-order valence-electron chi connectivity index (χ4n) is 2.56. The summed E-state index contributed by atoms with van der Waals surface area (Å²) in [6.45, 7) is 3.82. The van der Waals surface area contributed by atoms with Crippen molar-refractivity contribution in [3.63, 3.8) is 0 Å². The molecule has 0 aliphatic carbocycles. The third-order valence-corrected chi connectivity index (χ3v) is 4.21. The van der Waals surface area contributed by atoms with Crippen LogP contribution in [0.4, 0.5) is 0 Å². The van der Waals surface area contributed by atoms with Crippen LogP contribution in [0.15, 0.2) is 48.5 Å². The van der Waals surface area contributed by atoms with Gasteiger partial charge < -0.3 is 19.5 Å². The Bertz CT molecular complexity index is 881. The first kappa shape index (κ1) is 22.3. The van der Waals surface area contributed by atoms with E-state index in [0.29, 0.717) is 23.1 Å². The zero-order valence-corrected chi connectivity index (χ0v) is 17.4. The van der Waals surface area contributed by atoms with Gasteiger partial charge in [0.1, 0.15) is 0 Å². The molecule has 2 rings (SSSR count). The monoisotopic (exact) mass is 417 g/mol. The number of nitrogens with one attached hydrogen (secondary N) is 1. The van der Waals surface area contributed by atoms with Crippen molar-refractivity contribution >= 4 is 29.6 Å². The average molecular weight is 418 g/mol. The van der Waals surface area contributed by atoms with E-state index >= 15 is 0 Å². The Morgan fingerprint density at radius 3 is 2.66 bits per heavy atom. The molecule has 0 aliphatic heterocycles. The summed E-state index contributed by atoms with van der Waals surface area (Å²) in [5.41, 5.74) is 1.60. The smallest absolute Gasteiger partial charge is 0.331 e. The highest BCUT2D eigenvalue weighted by molar-refractivity contribution is 6.30. The van der Waals surface area contributed by atoms with Crippen molar-refractivity contribution in [3.05, 3.63) is 64.7 Å². The summed E-state index contributed by atoms with van der Waals surface area (Å²) in [6, 6.07) is 12.2. The highest BCUT2D eigenvalue weighted by atomic mass is 35.5. The quantitative estimate of drug-likeness (QED) is 0.489. The summed E-state index contributed by atoms with van der Waals surface area (Å²) >= 11 is 5.95. The van der Waals surface area contributed by atoms with Crippen molar-refractivity contribution in [2.45, 2.75) is 19.9 Å². The molecule has 0 aromatic heterocycles. The van der Waals surface area contributed by atoms with Crippen LogP contribution in [0.1, 0.15) is 31.0 Å². The minimum absolute atomic E-state index is 0.258. The number of esters is 1. The van der Waals surface area contributed by atoms with Gasteiger partial charge in [-0.05, 0) is 55.3 Å². The lowest BCUT2D eigenvalue weighted by Crippen LogP contribution is -2.30. The molecule has 1 amide bonds. The molecular weight excluding hydrogens is 394 g/mol. The first-order valence-electron chi connectivity index (χ1n) is 9.13. The first-order chi connectivity index (χ1) is 13.9. The molecule has 0 unspecified atom stereocenters. The summed E-state index contributed by atoms with van der Waals surface area (Å²) in [5, 5.41) is 3.35. The van der Waals surface area contributed by atoms with E-state index in [-0.39, 0.29) is 12.6 Å². The van der Waals surface area contributed by atoms with Crippen molar-refractivity contribution in [1.29, 1.82) is 0 Å². The molecule has 0 spiro atoms. The Labute approximate surface area is 175 Å². The average Bonchev–Trinajstić information content (AvgIpc) is 2.71. The number of hydrogen-bond donors (Lipinski definition) is 1. The van der Waals surface area contributed by atoms with Crippen molar-refractivity contribution < 1.29 is 23.8 Å². The minimum Gasteiger partial charge on any atom is -0.493 e. The fraction of sp³-hybridized carbons (Fsp3) is 0.273. The van der Waals surface area contributed by atoms with Crippen molar-refractivity contribution in [3.8, 4) is 11.5 Å². The van der Waals surface area contributed by atoms with Crippen LogP contribution in [0.25, 0.3) is 6.08 Å². The highest BCUT2D eigenvalue weighted by Gasteiger charge is 2.11. The number of carbonyl (C=O) groups is 2. The van der Waals surface area contributed by atoms with Crippen LogP contribution in [-0.4, -0.2) is 32.2 Å². The van der Waals surface area contributed by atoms with Gasteiger partial charge in [-0.15, -0.1) is 0 Å². The van der Waals surface area contributed by atoms with Crippen LogP contribution in [-0.2, 0) is 14.3 Å². The molecule has 6 nitrogen and oxygen atoms in total. The Balaban J connectivity index is 1.86. The van der Waals surface area contributed by atoms with Gasteiger partial charge in [0, 0.05) is 11.1 Å². The van der Waals surface area contributed by atoms with Crippen LogP contribution in [0.3, 0.4) is 0 Å². The minimum atomic E-state index is -0.621. The normalized spacial score (nSPS) is 11.7. The summed E-state index contributed by atoms with van der Waals surface area (Å²) in [5.74, 6) is 0.170. The molecule has 0 radical (unpaired) electrons. The maximum absolute atomic E-state index is 12.0. The topological polar surface area (TPSA) is 73.9 Å². The summed E-state index contributed by atoms with van der Waals surface area (Å²) < 4.78 is 15.7. The Kier molecular flexibility index (Phi) is 8.55. The van der Waals surface area contributed by atoms with Gasteiger partial charge in [-0.1, -0.05) is 29.8 Å². The Morgan fingerprint density at radius 1 is 1.17 bits per heavy atom. The third kappa shape index (κ3) is 7.16. The lowest BCUT2D eigenvalue weighted by atomic mass is 10.1. The third-order valence-electron chi connectivity index (χ3n) is 3.97. The van der Waals surface area contributed by atoms with Gasteiger partial charge in [0.25, 0.3) is 5.91 Å². The molecule has 0 heterocycles. The van der Waals surface area contributed by atoms with E-state index in [1.165, 1.54) is 6.08 Å². The molecule has 0 aliphatic rings. The van der Waals surface area contributed by atoms with Crippen LogP contribution >= 0.6 is 11.6 Å². The van der Waals surface area contributed by atoms with Crippen LogP contribution in [0, 0.1) is 0 Å². The second kappa shape index (κ2) is 11.1. The molecule has 0 fully saturated rings. The van der Waals surface area contributed by atoms with Gasteiger partial charge in [-0.25, -0.2) is 4.79 Å². The molecule has 1 atom stereocenters. The molecule has 0 saturated heterocycles. The zero-order valence-electron chi connectivity index (χ0n) is 16.6. The number of rotatable bonds is 9. The van der Waals surface area contributed by atoms with E-state index in [9.17, 15) is 9.59 Å². The summed E-state index contributed by atoms with van der Waals surface area (Å²) in [4.78, 5) is 23.9. The van der Waals surface area contributed by atoms with Gasteiger partial charge in [-0.3, -0.25) is 4.79 Å². The van der Waals surface area contributed by atoms with Gasteiger partial charge in [-0.2, -0.15) is 0 Å². The molecule has 2 aromatic carbocycles. The summed E-state index contributed by atoms with van der Waals surface area (Å²) in [6.07, 6.45) is 2.84. The van der Waals surface area contributed by atoms with Gasteiger partial charge in [0.2, 0.25) is 0 Å². The van der Waals surface area contributed by atoms with E-state index in [4.69, 9.17) is 25.8 Å². The number of hydrogen-bond acceptors (Lipinski definition) is 5. The highest BCUT2D eigenvalue weighted by Crippen LogP contribution is 2.28. The molecule has 0 bridgehead atoms. The van der Waals surface area contributed by atoms with Crippen molar-refractivity contribution in [2.24, 2.45) is 0 Å². The fourth-order valence-corrected chi connectivity index (χ4v) is 2.76. The van der Waals surface area contributed by atoms with E-state index in [0.717, 1.165) is 11.1 Å². The van der Waals surface area contributed by atoms with Crippen molar-refractivity contribution in [2.75, 3.05) is 20.3 Å². The maximum Gasteiger partial charge on any atom is 0.331 e. The molecule has 7 heteroatoms. The number of ether oxygens (including phenoxy) is 3. The van der Waals surface area contributed by atoms with Gasteiger partial charge in [0.05, 0.1) is 19.8 Å². The standard InChI is InChI=1S/C22H24ClNO5/c1-4-28-20-12-16(8-10-19(20)27-3)9-11-22(26)29-14-21(25)24-15(2)17-6-5-7-18(23)13-17/h5-13,15H,4,14H2,1-3H3,(H,24,25)/b11-9+/t15-/m0/s1. The maximum atomic E-state index is 12.0. The second-order valence-electron chi connectivity index (χ2n) is 6.13. The largest absolute Gasteiger partial charge is 0.493 e. The number of methoxy groups -OCH3 is 1. The van der Waals surface area contributed by atoms with Crippen LogP contribution < -0.4 is 14.8 Å². The number of halogens is 1. The lowest BCUT2D eigenvalue weighted by Gasteiger charge is -2.14. The lowest BCUT2D eigenvalue weighted by molar-refractivity contribution is -0.144. The Hall–Kier alpha value is -2.99. The molecular formula is C22H24ClNO5. The number of carbonyl (C=O) groups excluding carboxylic acids is 2. The first-order valence-corrected chi connectivity index (χ1v) is 9.51. The number of benzene rings is 2. The van der Waals surface area contributed by atoms with Crippen LogP contribution in [0.5, 0.6) is 11.5 Å². The van der Waals surface area contributed by atoms with E-state index < -0.39 is 11.9 Å². The molecule has 29 heavy (non-hydrogen) atoms. The predicted molar refractivity (Wildman–Crippen MR) is 112 cm³/mol. The van der Waals surface area contributed by atoms with Crippen LogP contribution in [0.2, 0.25) is 5.02 Å².